The maximum absolute atomic E-state index is 12.4. The normalized spacial score (nSPS) is 16.1. The van der Waals surface area contributed by atoms with Gasteiger partial charge < -0.3 is 9.84 Å². The Balaban J connectivity index is 1.45. The number of aliphatic hydroxyl groups is 1. The predicted molar refractivity (Wildman–Crippen MR) is 113 cm³/mol. The molecule has 0 unspecified atom stereocenters. The van der Waals surface area contributed by atoms with Crippen LogP contribution in [-0.4, -0.2) is 51.3 Å². The van der Waals surface area contributed by atoms with Gasteiger partial charge in [-0.1, -0.05) is 29.8 Å². The van der Waals surface area contributed by atoms with Crippen LogP contribution in [0.2, 0.25) is 0 Å². The Morgan fingerprint density at radius 1 is 1.14 bits per heavy atom. The molecule has 0 spiro atoms. The molecule has 0 aromatic heterocycles. The number of nitrogens with one attached hydrogen (secondary N) is 1. The lowest BCUT2D eigenvalue weighted by Crippen LogP contribution is -2.38. The van der Waals surface area contributed by atoms with Crippen molar-refractivity contribution in [3.8, 4) is 5.75 Å². The molecule has 1 heterocycles. The number of nitrogens with zero attached hydrogens (tertiary/aromatic N) is 1. The van der Waals surface area contributed by atoms with E-state index in [1.165, 1.54) is 5.56 Å². The van der Waals surface area contributed by atoms with Gasteiger partial charge >= 0.3 is 0 Å². The Morgan fingerprint density at radius 3 is 2.55 bits per heavy atom. The fraction of sp³-hybridized carbons (Fsp3) is 0.455. The first-order valence-electron chi connectivity index (χ1n) is 10.1. The Bertz CT molecular complexity index is 876. The summed E-state index contributed by atoms with van der Waals surface area (Å²) in [5.74, 6) is 1.13. The van der Waals surface area contributed by atoms with E-state index in [-0.39, 0.29) is 6.61 Å². The SMILES string of the molecule is Cc1ccc(S(=O)(=O)NCC2CCN(Cc3cccc(OCCO)c3)CC2)cc1. The van der Waals surface area contributed by atoms with Crippen LogP contribution in [0.4, 0.5) is 0 Å². The predicted octanol–water partition coefficient (Wildman–Crippen LogP) is 2.56. The first kappa shape index (κ1) is 21.8. The molecular formula is C22H30N2O4S. The third kappa shape index (κ3) is 6.54. The summed E-state index contributed by atoms with van der Waals surface area (Å²) in [6.07, 6.45) is 1.94. The van der Waals surface area contributed by atoms with E-state index >= 15 is 0 Å². The molecule has 7 heteroatoms. The smallest absolute Gasteiger partial charge is 0.240 e. The first-order valence-corrected chi connectivity index (χ1v) is 11.6. The molecule has 2 N–H and O–H groups in total. The van der Waals surface area contributed by atoms with Crippen molar-refractivity contribution < 1.29 is 18.3 Å². The van der Waals surface area contributed by atoms with Crippen LogP contribution in [0.25, 0.3) is 0 Å². The summed E-state index contributed by atoms with van der Waals surface area (Å²) in [5, 5.41) is 8.88. The molecule has 0 bridgehead atoms. The molecule has 2 aromatic rings. The molecule has 1 aliphatic heterocycles. The number of aryl methyl sites for hydroxylation is 1. The van der Waals surface area contributed by atoms with Gasteiger partial charge in [-0.3, -0.25) is 4.90 Å². The van der Waals surface area contributed by atoms with Gasteiger partial charge in [-0.25, -0.2) is 13.1 Å². The maximum atomic E-state index is 12.4. The zero-order valence-electron chi connectivity index (χ0n) is 16.9. The van der Waals surface area contributed by atoms with E-state index in [4.69, 9.17) is 9.84 Å². The van der Waals surface area contributed by atoms with Crippen molar-refractivity contribution in [2.45, 2.75) is 31.2 Å². The molecule has 6 nitrogen and oxygen atoms in total. The van der Waals surface area contributed by atoms with Crippen LogP contribution in [0.15, 0.2) is 53.4 Å². The second-order valence-electron chi connectivity index (χ2n) is 7.60. The molecule has 0 aliphatic carbocycles. The standard InChI is InChI=1S/C22H30N2O4S/c1-18-5-7-22(8-6-18)29(26,27)23-16-19-9-11-24(12-10-19)17-20-3-2-4-21(15-20)28-14-13-25/h2-8,15,19,23,25H,9-14,16-17H2,1H3. The van der Waals surface area contributed by atoms with Gasteiger partial charge in [0.2, 0.25) is 10.0 Å². The molecule has 158 valence electrons. The number of rotatable bonds is 9. The van der Waals surface area contributed by atoms with Crippen molar-refractivity contribution in [1.29, 1.82) is 0 Å². The van der Waals surface area contributed by atoms with E-state index in [9.17, 15) is 8.42 Å². The molecule has 1 aliphatic rings. The minimum absolute atomic E-state index is 0.00537. The number of aliphatic hydroxyl groups excluding tert-OH is 1. The van der Waals surface area contributed by atoms with Gasteiger partial charge in [0.25, 0.3) is 0 Å². The number of piperidine rings is 1. The summed E-state index contributed by atoms with van der Waals surface area (Å²) in [7, 11) is -3.45. The summed E-state index contributed by atoms with van der Waals surface area (Å²) >= 11 is 0. The van der Waals surface area contributed by atoms with E-state index in [1.54, 1.807) is 12.1 Å². The molecule has 1 fully saturated rings. The second kappa shape index (κ2) is 10.2. The molecule has 29 heavy (non-hydrogen) atoms. The lowest BCUT2D eigenvalue weighted by atomic mass is 9.97. The average molecular weight is 419 g/mol. The zero-order valence-corrected chi connectivity index (χ0v) is 17.7. The van der Waals surface area contributed by atoms with Crippen LogP contribution >= 0.6 is 0 Å². The number of sulfonamides is 1. The van der Waals surface area contributed by atoms with Crippen LogP contribution in [0.1, 0.15) is 24.0 Å². The van der Waals surface area contributed by atoms with Crippen LogP contribution in [0.3, 0.4) is 0 Å². The lowest BCUT2D eigenvalue weighted by molar-refractivity contribution is 0.178. The van der Waals surface area contributed by atoms with Crippen LogP contribution in [0, 0.1) is 12.8 Å². The highest BCUT2D eigenvalue weighted by Gasteiger charge is 2.22. The molecule has 0 radical (unpaired) electrons. The van der Waals surface area contributed by atoms with Gasteiger partial charge in [-0.15, -0.1) is 0 Å². The summed E-state index contributed by atoms with van der Waals surface area (Å²) in [4.78, 5) is 2.71. The zero-order chi connectivity index (χ0) is 20.7. The minimum Gasteiger partial charge on any atom is -0.491 e. The highest BCUT2D eigenvalue weighted by molar-refractivity contribution is 7.89. The van der Waals surface area contributed by atoms with E-state index < -0.39 is 10.0 Å². The highest BCUT2D eigenvalue weighted by Crippen LogP contribution is 2.21. The van der Waals surface area contributed by atoms with Gasteiger partial charge in [-0.05, 0) is 68.6 Å². The van der Waals surface area contributed by atoms with E-state index in [0.717, 1.165) is 43.8 Å². The second-order valence-corrected chi connectivity index (χ2v) is 9.37. The van der Waals surface area contributed by atoms with Gasteiger partial charge in [0.15, 0.2) is 0 Å². The van der Waals surface area contributed by atoms with E-state index in [2.05, 4.69) is 15.7 Å². The lowest BCUT2D eigenvalue weighted by Gasteiger charge is -2.32. The third-order valence-corrected chi connectivity index (χ3v) is 6.70. The quantitative estimate of drug-likeness (QED) is 0.654. The summed E-state index contributed by atoms with van der Waals surface area (Å²) in [6.45, 7) is 5.46. The van der Waals surface area contributed by atoms with Crippen LogP contribution in [0.5, 0.6) is 5.75 Å². The fourth-order valence-electron chi connectivity index (χ4n) is 3.53. The Kier molecular flexibility index (Phi) is 7.66. The highest BCUT2D eigenvalue weighted by atomic mass is 32.2. The van der Waals surface area contributed by atoms with E-state index in [1.807, 2.05) is 37.3 Å². The molecule has 0 saturated carbocycles. The number of hydrogen-bond acceptors (Lipinski definition) is 5. The Morgan fingerprint density at radius 2 is 1.86 bits per heavy atom. The summed E-state index contributed by atoms with van der Waals surface area (Å²) < 4.78 is 33.1. The Labute approximate surface area is 173 Å². The molecule has 3 rings (SSSR count). The van der Waals surface area contributed by atoms with Crippen molar-refractivity contribution in [2.75, 3.05) is 32.8 Å². The summed E-state index contributed by atoms with van der Waals surface area (Å²) in [5.41, 5.74) is 2.22. The van der Waals surface area contributed by atoms with Gasteiger partial charge in [0, 0.05) is 13.1 Å². The van der Waals surface area contributed by atoms with Crippen LogP contribution < -0.4 is 9.46 Å². The van der Waals surface area contributed by atoms with Gasteiger partial charge in [-0.2, -0.15) is 0 Å². The minimum atomic E-state index is -3.45. The molecule has 0 amide bonds. The molecule has 1 saturated heterocycles. The van der Waals surface area contributed by atoms with Crippen molar-refractivity contribution in [3.63, 3.8) is 0 Å². The van der Waals surface area contributed by atoms with Crippen molar-refractivity contribution >= 4 is 10.0 Å². The largest absolute Gasteiger partial charge is 0.491 e. The Hall–Kier alpha value is -1.93. The van der Waals surface area contributed by atoms with Gasteiger partial charge in [0.1, 0.15) is 12.4 Å². The van der Waals surface area contributed by atoms with Gasteiger partial charge in [0.05, 0.1) is 11.5 Å². The first-order chi connectivity index (χ1) is 14.0. The third-order valence-electron chi connectivity index (χ3n) is 5.27. The maximum Gasteiger partial charge on any atom is 0.240 e. The monoisotopic (exact) mass is 418 g/mol. The molecule has 2 aromatic carbocycles. The molecule has 0 atom stereocenters. The average Bonchev–Trinajstić information content (AvgIpc) is 2.72. The van der Waals surface area contributed by atoms with Crippen molar-refractivity contribution in [2.24, 2.45) is 5.92 Å². The van der Waals surface area contributed by atoms with Crippen molar-refractivity contribution in [3.05, 3.63) is 59.7 Å². The molecular weight excluding hydrogens is 388 g/mol. The fourth-order valence-corrected chi connectivity index (χ4v) is 4.65. The van der Waals surface area contributed by atoms with Crippen molar-refractivity contribution in [1.82, 2.24) is 9.62 Å². The number of benzene rings is 2. The van der Waals surface area contributed by atoms with Crippen LogP contribution in [-0.2, 0) is 16.6 Å². The summed E-state index contributed by atoms with van der Waals surface area (Å²) in [6, 6.07) is 14.9. The number of hydrogen-bond donors (Lipinski definition) is 2. The topological polar surface area (TPSA) is 78.9 Å². The number of ether oxygens (including phenoxy) is 1. The van der Waals surface area contributed by atoms with E-state index in [0.29, 0.717) is 24.0 Å². The number of likely N-dealkylation sites (tertiary alicyclic amines) is 1.